The Morgan fingerprint density at radius 3 is 2.67 bits per heavy atom. The molecule has 0 aliphatic carbocycles. The predicted octanol–water partition coefficient (Wildman–Crippen LogP) is 1.24. The average Bonchev–Trinajstić information content (AvgIpc) is 3.01. The number of likely N-dealkylation sites (tertiary alicyclic amines) is 1. The molecule has 1 aliphatic heterocycles. The Morgan fingerprint density at radius 1 is 1.38 bits per heavy atom. The van der Waals surface area contributed by atoms with Crippen LogP contribution in [0.15, 0.2) is 4.99 Å². The molecule has 0 spiro atoms. The van der Waals surface area contributed by atoms with E-state index in [0.717, 1.165) is 51.4 Å². The van der Waals surface area contributed by atoms with E-state index in [1.807, 2.05) is 25.9 Å². The molecule has 0 bridgehead atoms. The van der Waals surface area contributed by atoms with Gasteiger partial charge in [-0.3, -0.25) is 14.7 Å². The third kappa shape index (κ3) is 6.89. The molecular formula is C17H35N5OS. The van der Waals surface area contributed by atoms with Gasteiger partial charge in [-0.1, -0.05) is 0 Å². The number of rotatable bonds is 8. The number of nitrogens with one attached hydrogen (secondary N) is 2. The lowest BCUT2D eigenvalue weighted by atomic mass is 10.2. The molecule has 0 aromatic carbocycles. The lowest BCUT2D eigenvalue weighted by Gasteiger charge is -2.26. The van der Waals surface area contributed by atoms with E-state index in [0.29, 0.717) is 0 Å². The minimum atomic E-state index is 0.0693. The SMILES string of the molecule is CN=C(NCCCN1CCCC1C(=O)N(C)C)NCC(C)(C)SC. The molecule has 0 aromatic rings. The maximum atomic E-state index is 12.2. The van der Waals surface area contributed by atoms with Crippen LogP contribution in [0.4, 0.5) is 0 Å². The van der Waals surface area contributed by atoms with Crippen molar-refractivity contribution in [3.63, 3.8) is 0 Å². The molecule has 1 rings (SSSR count). The van der Waals surface area contributed by atoms with E-state index >= 15 is 0 Å². The quantitative estimate of drug-likeness (QED) is 0.389. The highest BCUT2D eigenvalue weighted by atomic mass is 32.2. The van der Waals surface area contributed by atoms with Crippen LogP contribution in [0.5, 0.6) is 0 Å². The number of aliphatic imine (C=N–C) groups is 1. The molecule has 6 nitrogen and oxygen atoms in total. The fourth-order valence-corrected chi connectivity index (χ4v) is 2.97. The summed E-state index contributed by atoms with van der Waals surface area (Å²) in [5.74, 6) is 1.08. The fourth-order valence-electron chi connectivity index (χ4n) is 2.75. The first kappa shape index (κ1) is 21.1. The summed E-state index contributed by atoms with van der Waals surface area (Å²) in [7, 11) is 5.48. The lowest BCUT2D eigenvalue weighted by Crippen LogP contribution is -2.45. The highest BCUT2D eigenvalue weighted by Crippen LogP contribution is 2.19. The Balaban J connectivity index is 2.30. The number of carbonyl (C=O) groups excluding carboxylic acids is 1. The Hall–Kier alpha value is -0.950. The monoisotopic (exact) mass is 357 g/mol. The Kier molecular flexibility index (Phi) is 8.91. The second-order valence-electron chi connectivity index (χ2n) is 7.10. The standard InChI is InChI=1S/C17H35N5OS/c1-17(2,24-6)13-20-16(18-3)19-10-8-12-22-11-7-9-14(22)15(23)21(4)5/h14H,7-13H2,1-6H3,(H2,18,19,20). The smallest absolute Gasteiger partial charge is 0.239 e. The van der Waals surface area contributed by atoms with E-state index in [1.165, 1.54) is 0 Å². The van der Waals surface area contributed by atoms with Gasteiger partial charge in [-0.25, -0.2) is 0 Å². The van der Waals surface area contributed by atoms with Gasteiger partial charge in [0.1, 0.15) is 0 Å². The van der Waals surface area contributed by atoms with Crippen LogP contribution in [0.3, 0.4) is 0 Å². The van der Waals surface area contributed by atoms with Crippen LogP contribution >= 0.6 is 11.8 Å². The first-order valence-corrected chi connectivity index (χ1v) is 9.98. The lowest BCUT2D eigenvalue weighted by molar-refractivity contribution is -0.133. The summed E-state index contributed by atoms with van der Waals surface area (Å²) < 4.78 is 0.187. The van der Waals surface area contributed by atoms with Gasteiger partial charge in [0.2, 0.25) is 5.91 Å². The predicted molar refractivity (Wildman–Crippen MR) is 105 cm³/mol. The van der Waals surface area contributed by atoms with Crippen molar-refractivity contribution in [1.29, 1.82) is 0 Å². The maximum Gasteiger partial charge on any atom is 0.239 e. The zero-order valence-corrected chi connectivity index (χ0v) is 17.0. The Labute approximate surface area is 151 Å². The van der Waals surface area contributed by atoms with Gasteiger partial charge in [0.05, 0.1) is 6.04 Å². The topological polar surface area (TPSA) is 60.0 Å². The van der Waals surface area contributed by atoms with Crippen LogP contribution in [-0.4, -0.2) is 86.0 Å². The highest BCUT2D eigenvalue weighted by molar-refractivity contribution is 7.99. The zero-order valence-electron chi connectivity index (χ0n) is 16.2. The van der Waals surface area contributed by atoms with Crippen LogP contribution in [0, 0.1) is 0 Å². The number of hydrogen-bond acceptors (Lipinski definition) is 4. The minimum absolute atomic E-state index is 0.0693. The van der Waals surface area contributed by atoms with Crippen molar-refractivity contribution >= 4 is 23.6 Å². The molecule has 140 valence electrons. The summed E-state index contributed by atoms with van der Waals surface area (Å²) in [6.07, 6.45) is 5.23. The second kappa shape index (κ2) is 10.1. The Morgan fingerprint density at radius 2 is 2.08 bits per heavy atom. The van der Waals surface area contributed by atoms with Gasteiger partial charge < -0.3 is 15.5 Å². The number of hydrogen-bond donors (Lipinski definition) is 2. The molecule has 1 saturated heterocycles. The van der Waals surface area contributed by atoms with Gasteiger partial charge in [0.15, 0.2) is 5.96 Å². The van der Waals surface area contributed by atoms with E-state index < -0.39 is 0 Å². The van der Waals surface area contributed by atoms with Gasteiger partial charge in [-0.15, -0.1) is 0 Å². The number of thioether (sulfide) groups is 1. The van der Waals surface area contributed by atoms with Crippen LogP contribution < -0.4 is 10.6 Å². The van der Waals surface area contributed by atoms with Crippen LogP contribution in [0.1, 0.15) is 33.1 Å². The summed E-state index contributed by atoms with van der Waals surface area (Å²) in [6.45, 7) is 8.14. The molecule has 0 saturated carbocycles. The zero-order chi connectivity index (χ0) is 18.2. The first-order chi connectivity index (χ1) is 11.3. The number of guanidine groups is 1. The van der Waals surface area contributed by atoms with Crippen molar-refractivity contribution in [1.82, 2.24) is 20.4 Å². The van der Waals surface area contributed by atoms with Crippen molar-refractivity contribution in [2.24, 2.45) is 4.99 Å². The number of carbonyl (C=O) groups is 1. The number of nitrogens with zero attached hydrogens (tertiary/aromatic N) is 3. The number of likely N-dealkylation sites (N-methyl/N-ethyl adjacent to an activating group) is 1. The van der Waals surface area contributed by atoms with Gasteiger partial charge in [0.25, 0.3) is 0 Å². The average molecular weight is 358 g/mol. The molecule has 0 aromatic heterocycles. The Bertz CT molecular complexity index is 425. The molecule has 1 unspecified atom stereocenters. The molecule has 1 fully saturated rings. The maximum absolute atomic E-state index is 12.2. The van der Waals surface area contributed by atoms with Crippen LogP contribution in [0.25, 0.3) is 0 Å². The van der Waals surface area contributed by atoms with Gasteiger partial charge >= 0.3 is 0 Å². The molecule has 1 aliphatic rings. The summed E-state index contributed by atoms with van der Waals surface area (Å²) in [5.41, 5.74) is 0. The molecule has 1 amide bonds. The molecule has 2 N–H and O–H groups in total. The molecule has 0 radical (unpaired) electrons. The molecule has 1 atom stereocenters. The minimum Gasteiger partial charge on any atom is -0.356 e. The molecular weight excluding hydrogens is 322 g/mol. The fraction of sp³-hybridized carbons (Fsp3) is 0.882. The van der Waals surface area contributed by atoms with E-state index in [4.69, 9.17) is 0 Å². The van der Waals surface area contributed by atoms with E-state index in [1.54, 1.807) is 11.9 Å². The summed E-state index contributed by atoms with van der Waals surface area (Å²) in [4.78, 5) is 20.5. The molecule has 1 heterocycles. The summed E-state index contributed by atoms with van der Waals surface area (Å²) >= 11 is 1.84. The van der Waals surface area contributed by atoms with Crippen molar-refractivity contribution in [3.8, 4) is 0 Å². The van der Waals surface area contributed by atoms with Crippen molar-refractivity contribution < 1.29 is 4.79 Å². The van der Waals surface area contributed by atoms with Gasteiger partial charge in [-0.2, -0.15) is 11.8 Å². The van der Waals surface area contributed by atoms with Gasteiger partial charge in [0, 0.05) is 45.5 Å². The normalized spacial score (nSPS) is 19.4. The highest BCUT2D eigenvalue weighted by Gasteiger charge is 2.30. The number of amides is 1. The van der Waals surface area contributed by atoms with Crippen LogP contribution in [-0.2, 0) is 4.79 Å². The van der Waals surface area contributed by atoms with Crippen molar-refractivity contribution in [3.05, 3.63) is 0 Å². The largest absolute Gasteiger partial charge is 0.356 e. The van der Waals surface area contributed by atoms with Gasteiger partial charge in [-0.05, 0) is 45.9 Å². The first-order valence-electron chi connectivity index (χ1n) is 8.75. The van der Waals surface area contributed by atoms with Crippen molar-refractivity contribution in [2.75, 3.05) is 53.6 Å². The third-order valence-corrected chi connectivity index (χ3v) is 5.71. The van der Waals surface area contributed by atoms with E-state index in [-0.39, 0.29) is 16.7 Å². The van der Waals surface area contributed by atoms with Crippen LogP contribution in [0.2, 0.25) is 0 Å². The second-order valence-corrected chi connectivity index (χ2v) is 8.61. The molecule has 24 heavy (non-hydrogen) atoms. The summed E-state index contributed by atoms with van der Waals surface area (Å²) in [5, 5.41) is 6.74. The summed E-state index contributed by atoms with van der Waals surface area (Å²) in [6, 6.07) is 0.0693. The van der Waals surface area contributed by atoms with E-state index in [2.05, 4.69) is 40.6 Å². The van der Waals surface area contributed by atoms with Crippen molar-refractivity contribution in [2.45, 2.75) is 43.9 Å². The molecule has 7 heteroatoms. The third-order valence-electron chi connectivity index (χ3n) is 4.46. The van der Waals surface area contributed by atoms with E-state index in [9.17, 15) is 4.79 Å².